The Balaban J connectivity index is 2.40. The quantitative estimate of drug-likeness (QED) is 0.465. The molecule has 0 radical (unpaired) electrons. The first-order valence-electron chi connectivity index (χ1n) is 5.90. The first kappa shape index (κ1) is 14.6. The molecule has 0 aromatic carbocycles. The van der Waals surface area contributed by atoms with Crippen molar-refractivity contribution in [2.45, 2.75) is 24.3 Å². The molecule has 2 rings (SSSR count). The number of anilines is 1. The highest BCUT2D eigenvalue weighted by Crippen LogP contribution is 2.26. The first-order chi connectivity index (χ1) is 9.30. The van der Waals surface area contributed by atoms with Gasteiger partial charge in [-0.05, 0) is 13.8 Å². The van der Waals surface area contributed by atoms with E-state index in [1.807, 2.05) is 0 Å². The van der Waals surface area contributed by atoms with Crippen LogP contribution in [0.2, 0.25) is 0 Å². The number of nitrogens with one attached hydrogen (secondary N) is 2. The molecule has 0 bridgehead atoms. The SMILES string of the molecule is CC1(C)C(=O)NCCN1S(=O)(=O)c1cnc(NN)nc1. The largest absolute Gasteiger partial charge is 0.353 e. The van der Waals surface area contributed by atoms with E-state index < -0.39 is 15.6 Å². The molecule has 1 fully saturated rings. The number of hydrazine groups is 1. The van der Waals surface area contributed by atoms with Crippen LogP contribution in [0.4, 0.5) is 5.95 Å². The molecule has 9 nitrogen and oxygen atoms in total. The lowest BCUT2D eigenvalue weighted by Crippen LogP contribution is -2.63. The van der Waals surface area contributed by atoms with Crippen molar-refractivity contribution in [3.8, 4) is 0 Å². The number of rotatable bonds is 3. The van der Waals surface area contributed by atoms with Crippen molar-refractivity contribution < 1.29 is 13.2 Å². The second-order valence-corrected chi connectivity index (χ2v) is 6.64. The molecule has 0 atom stereocenters. The number of aromatic nitrogens is 2. The molecule has 10 heteroatoms. The zero-order valence-electron chi connectivity index (χ0n) is 11.1. The topological polar surface area (TPSA) is 130 Å². The van der Waals surface area contributed by atoms with E-state index in [9.17, 15) is 13.2 Å². The summed E-state index contributed by atoms with van der Waals surface area (Å²) in [6.07, 6.45) is 2.31. The van der Waals surface area contributed by atoms with Crippen LogP contribution in [-0.4, -0.2) is 47.2 Å². The fourth-order valence-corrected chi connectivity index (χ4v) is 3.59. The van der Waals surface area contributed by atoms with Gasteiger partial charge in [0.1, 0.15) is 10.4 Å². The maximum Gasteiger partial charge on any atom is 0.247 e. The van der Waals surface area contributed by atoms with Gasteiger partial charge in [-0.1, -0.05) is 0 Å². The number of piperazine rings is 1. The first-order valence-corrected chi connectivity index (χ1v) is 7.34. The van der Waals surface area contributed by atoms with Crippen molar-refractivity contribution in [3.05, 3.63) is 12.4 Å². The van der Waals surface area contributed by atoms with Crippen LogP contribution in [0.15, 0.2) is 17.3 Å². The fourth-order valence-electron chi connectivity index (χ4n) is 1.95. The molecule has 110 valence electrons. The van der Waals surface area contributed by atoms with E-state index in [-0.39, 0.29) is 29.8 Å². The molecule has 0 saturated carbocycles. The molecule has 2 heterocycles. The van der Waals surface area contributed by atoms with E-state index in [2.05, 4.69) is 20.7 Å². The van der Waals surface area contributed by atoms with Gasteiger partial charge in [-0.15, -0.1) is 0 Å². The number of sulfonamides is 1. The van der Waals surface area contributed by atoms with Gasteiger partial charge in [-0.3, -0.25) is 10.2 Å². The minimum absolute atomic E-state index is 0.0840. The zero-order chi connectivity index (χ0) is 15.0. The average molecular weight is 300 g/mol. The minimum atomic E-state index is -3.85. The molecule has 1 saturated heterocycles. The molecule has 1 aromatic heterocycles. The standard InChI is InChI=1S/C10H16N6O3S/c1-10(2)8(17)12-3-4-16(10)20(18,19)7-5-13-9(15-11)14-6-7/h5-6H,3-4,11H2,1-2H3,(H,12,17)(H,13,14,15). The zero-order valence-corrected chi connectivity index (χ0v) is 11.9. The summed E-state index contributed by atoms with van der Waals surface area (Å²) in [6, 6.07) is 0. The predicted octanol–water partition coefficient (Wildman–Crippen LogP) is -1.34. The normalized spacial score (nSPS) is 19.4. The number of nitrogens with zero attached hydrogens (tertiary/aromatic N) is 3. The highest BCUT2D eigenvalue weighted by Gasteiger charge is 2.45. The molecule has 1 aromatic rings. The number of amides is 1. The lowest BCUT2D eigenvalue weighted by molar-refractivity contribution is -0.131. The smallest absolute Gasteiger partial charge is 0.247 e. The third-order valence-corrected chi connectivity index (χ3v) is 5.15. The summed E-state index contributed by atoms with van der Waals surface area (Å²) in [5.74, 6) is 4.90. The Morgan fingerprint density at radius 2 is 2.00 bits per heavy atom. The third kappa shape index (κ3) is 2.32. The van der Waals surface area contributed by atoms with Gasteiger partial charge in [-0.25, -0.2) is 24.2 Å². The second kappa shape index (κ2) is 4.96. The van der Waals surface area contributed by atoms with Crippen LogP contribution in [0.1, 0.15) is 13.8 Å². The summed E-state index contributed by atoms with van der Waals surface area (Å²) < 4.78 is 26.3. The molecule has 4 N–H and O–H groups in total. The summed E-state index contributed by atoms with van der Waals surface area (Å²) in [6.45, 7) is 3.56. The number of nitrogen functional groups attached to an aromatic ring is 1. The van der Waals surface area contributed by atoms with Gasteiger partial charge in [0.25, 0.3) is 0 Å². The van der Waals surface area contributed by atoms with Crippen molar-refractivity contribution in [2.24, 2.45) is 5.84 Å². The Labute approximate surface area is 116 Å². The molecule has 0 spiro atoms. The molecule has 1 aliphatic heterocycles. The third-order valence-electron chi connectivity index (χ3n) is 3.12. The van der Waals surface area contributed by atoms with E-state index >= 15 is 0 Å². The number of carbonyl (C=O) groups excluding carboxylic acids is 1. The summed E-state index contributed by atoms with van der Waals surface area (Å²) >= 11 is 0. The summed E-state index contributed by atoms with van der Waals surface area (Å²) in [7, 11) is -3.85. The fraction of sp³-hybridized carbons (Fsp3) is 0.500. The Morgan fingerprint density at radius 3 is 2.55 bits per heavy atom. The summed E-state index contributed by atoms with van der Waals surface area (Å²) in [5.41, 5.74) is 1.05. The van der Waals surface area contributed by atoms with Crippen molar-refractivity contribution >= 4 is 21.9 Å². The molecule has 20 heavy (non-hydrogen) atoms. The van der Waals surface area contributed by atoms with Gasteiger partial charge in [0.05, 0.1) is 12.4 Å². The Kier molecular flexibility index (Phi) is 3.63. The van der Waals surface area contributed by atoms with Crippen LogP contribution < -0.4 is 16.6 Å². The minimum Gasteiger partial charge on any atom is -0.353 e. The Bertz CT molecular complexity index is 612. The van der Waals surface area contributed by atoms with Crippen LogP contribution >= 0.6 is 0 Å². The maximum atomic E-state index is 12.6. The van der Waals surface area contributed by atoms with Crippen LogP contribution in [0.3, 0.4) is 0 Å². The van der Waals surface area contributed by atoms with Gasteiger partial charge < -0.3 is 5.32 Å². The van der Waals surface area contributed by atoms with E-state index in [1.54, 1.807) is 13.8 Å². The number of hydrogen-bond acceptors (Lipinski definition) is 7. The van der Waals surface area contributed by atoms with Gasteiger partial charge >= 0.3 is 0 Å². The lowest BCUT2D eigenvalue weighted by atomic mass is 10.0. The summed E-state index contributed by atoms with van der Waals surface area (Å²) in [5, 5.41) is 2.64. The molecule has 1 aliphatic rings. The van der Waals surface area contributed by atoms with Crippen molar-refractivity contribution in [1.29, 1.82) is 0 Å². The van der Waals surface area contributed by atoms with Gasteiger partial charge in [0, 0.05) is 13.1 Å². The monoisotopic (exact) mass is 300 g/mol. The number of nitrogens with two attached hydrogens (primary N) is 1. The van der Waals surface area contributed by atoms with Crippen LogP contribution in [0.25, 0.3) is 0 Å². The van der Waals surface area contributed by atoms with E-state index in [0.717, 1.165) is 16.7 Å². The maximum absolute atomic E-state index is 12.6. The lowest BCUT2D eigenvalue weighted by Gasteiger charge is -2.39. The Morgan fingerprint density at radius 1 is 1.40 bits per heavy atom. The molecule has 1 amide bonds. The average Bonchev–Trinajstić information content (AvgIpc) is 2.41. The summed E-state index contributed by atoms with van der Waals surface area (Å²) in [4.78, 5) is 19.3. The van der Waals surface area contributed by atoms with Crippen molar-refractivity contribution in [1.82, 2.24) is 19.6 Å². The predicted molar refractivity (Wildman–Crippen MR) is 70.8 cm³/mol. The van der Waals surface area contributed by atoms with Crippen LogP contribution in [0.5, 0.6) is 0 Å². The van der Waals surface area contributed by atoms with E-state index in [0.29, 0.717) is 0 Å². The molecule has 0 unspecified atom stereocenters. The second-order valence-electron chi connectivity index (χ2n) is 4.78. The van der Waals surface area contributed by atoms with Crippen molar-refractivity contribution in [3.63, 3.8) is 0 Å². The van der Waals surface area contributed by atoms with Gasteiger partial charge in [0.15, 0.2) is 0 Å². The van der Waals surface area contributed by atoms with E-state index in [1.165, 1.54) is 0 Å². The number of hydrogen-bond donors (Lipinski definition) is 3. The molecular formula is C10H16N6O3S. The molecular weight excluding hydrogens is 284 g/mol. The number of carbonyl (C=O) groups is 1. The van der Waals surface area contributed by atoms with Crippen LogP contribution in [0, 0.1) is 0 Å². The van der Waals surface area contributed by atoms with Gasteiger partial charge in [-0.2, -0.15) is 4.31 Å². The van der Waals surface area contributed by atoms with E-state index in [4.69, 9.17) is 5.84 Å². The Hall–Kier alpha value is -1.78. The highest BCUT2D eigenvalue weighted by molar-refractivity contribution is 7.89. The van der Waals surface area contributed by atoms with Crippen molar-refractivity contribution in [2.75, 3.05) is 18.5 Å². The van der Waals surface area contributed by atoms with Gasteiger partial charge in [0.2, 0.25) is 21.9 Å². The molecule has 0 aliphatic carbocycles. The van der Waals surface area contributed by atoms with Crippen LogP contribution in [-0.2, 0) is 14.8 Å². The highest BCUT2D eigenvalue weighted by atomic mass is 32.2.